The predicted octanol–water partition coefficient (Wildman–Crippen LogP) is 4.05. The molecule has 0 unspecified atom stereocenters. The Kier molecular flexibility index (Phi) is 5.89. The molecule has 0 aliphatic carbocycles. The molecule has 0 saturated heterocycles. The van der Waals surface area contributed by atoms with E-state index in [1.165, 1.54) is 17.7 Å². The lowest BCUT2D eigenvalue weighted by Crippen LogP contribution is -2.40. The van der Waals surface area contributed by atoms with Crippen LogP contribution in [0.5, 0.6) is 0 Å². The monoisotopic (exact) mass is 297 g/mol. The normalized spacial score (nSPS) is 12.6. The summed E-state index contributed by atoms with van der Waals surface area (Å²) in [7, 11) is -1.53. The van der Waals surface area contributed by atoms with Crippen LogP contribution in [0, 0.1) is 11.3 Å². The molecule has 0 aliphatic heterocycles. The van der Waals surface area contributed by atoms with Crippen molar-refractivity contribution in [2.24, 2.45) is 4.40 Å². The van der Waals surface area contributed by atoms with Gasteiger partial charge >= 0.3 is 0 Å². The van der Waals surface area contributed by atoms with E-state index >= 15 is 0 Å². The van der Waals surface area contributed by atoms with Gasteiger partial charge in [-0.25, -0.2) is 3.97 Å². The Morgan fingerprint density at radius 2 is 2.00 bits per heavy atom. The van der Waals surface area contributed by atoms with Gasteiger partial charge in [0.05, 0.1) is 12.1 Å². The Balaban J connectivity index is 2.78. The zero-order valence-corrected chi connectivity index (χ0v) is 13.3. The fraction of sp³-hybridized carbons (Fsp3) is 0.333. The van der Waals surface area contributed by atoms with Crippen LogP contribution < -0.4 is 0 Å². The third kappa shape index (κ3) is 5.23. The van der Waals surface area contributed by atoms with Crippen molar-refractivity contribution in [1.82, 2.24) is 3.97 Å². The molecule has 0 spiro atoms. The summed E-state index contributed by atoms with van der Waals surface area (Å²) in [4.78, 5) is 0. The van der Waals surface area contributed by atoms with E-state index < -0.39 is 8.24 Å². The maximum atomic E-state index is 8.61. The van der Waals surface area contributed by atoms with Gasteiger partial charge in [0.2, 0.25) is 5.17 Å². The van der Waals surface area contributed by atoms with Gasteiger partial charge in [-0.05, 0) is 17.2 Å². The molecule has 0 fully saturated rings. The minimum atomic E-state index is -1.53. The van der Waals surface area contributed by atoms with Crippen molar-refractivity contribution in [3.63, 3.8) is 0 Å². The van der Waals surface area contributed by atoms with Crippen LogP contribution in [0.15, 0.2) is 34.7 Å². The molecule has 1 rings (SSSR count). The first-order valence-electron chi connectivity index (χ1n) is 5.56. The minimum absolute atomic E-state index is 0.0173. The lowest BCUT2D eigenvalue weighted by Gasteiger charge is -2.30. The smallest absolute Gasteiger partial charge is 0.215 e. The Bertz CT molecular complexity index is 451. The van der Waals surface area contributed by atoms with Crippen molar-refractivity contribution in [1.29, 1.82) is 5.26 Å². The third-order valence-electron chi connectivity index (χ3n) is 2.23. The maximum absolute atomic E-state index is 8.61. The number of benzene rings is 1. The van der Waals surface area contributed by atoms with Gasteiger partial charge in [0.1, 0.15) is 14.3 Å². The number of hydrogen-bond donors (Lipinski definition) is 0. The van der Waals surface area contributed by atoms with Crippen molar-refractivity contribution < 1.29 is 0 Å². The first-order valence-corrected chi connectivity index (χ1v) is 10.1. The Morgan fingerprint density at radius 3 is 2.50 bits per heavy atom. The number of halogens is 1. The zero-order valence-electron chi connectivity index (χ0n) is 10.7. The first kappa shape index (κ1) is 15.3. The van der Waals surface area contributed by atoms with Gasteiger partial charge in [-0.3, -0.25) is 0 Å². The number of rotatable bonds is 5. The molecule has 0 bridgehead atoms. The molecule has 0 saturated carbocycles. The van der Waals surface area contributed by atoms with E-state index in [1.807, 2.05) is 24.3 Å². The highest BCUT2D eigenvalue weighted by Crippen LogP contribution is 2.24. The van der Waals surface area contributed by atoms with Gasteiger partial charge < -0.3 is 0 Å². The van der Waals surface area contributed by atoms with E-state index in [9.17, 15) is 0 Å². The third-order valence-corrected chi connectivity index (χ3v) is 6.63. The van der Waals surface area contributed by atoms with Gasteiger partial charge in [-0.2, -0.15) is 9.66 Å². The van der Waals surface area contributed by atoms with Crippen LogP contribution in [0.2, 0.25) is 19.6 Å². The molecule has 0 atom stereocenters. The van der Waals surface area contributed by atoms with E-state index in [0.717, 1.165) is 6.54 Å². The molecule has 1 aromatic carbocycles. The summed E-state index contributed by atoms with van der Waals surface area (Å²) < 4.78 is 6.23. The molecule has 0 aromatic heterocycles. The van der Waals surface area contributed by atoms with Crippen LogP contribution in [0.4, 0.5) is 0 Å². The van der Waals surface area contributed by atoms with Crippen LogP contribution in [0.1, 0.15) is 5.56 Å². The Labute approximate surface area is 119 Å². The second kappa shape index (κ2) is 6.95. The second-order valence-electron chi connectivity index (χ2n) is 4.77. The minimum Gasteiger partial charge on any atom is -0.248 e. The summed E-state index contributed by atoms with van der Waals surface area (Å²) in [6.45, 7) is 7.51. The van der Waals surface area contributed by atoms with Crippen LogP contribution in [-0.4, -0.2) is 17.4 Å². The van der Waals surface area contributed by atoms with E-state index in [4.69, 9.17) is 16.9 Å². The largest absolute Gasteiger partial charge is 0.248 e. The van der Waals surface area contributed by atoms with Crippen LogP contribution in [0.25, 0.3) is 0 Å². The lowest BCUT2D eigenvalue weighted by molar-refractivity contribution is 0.675. The summed E-state index contributed by atoms with van der Waals surface area (Å²) in [6.07, 6.45) is 0. The van der Waals surface area contributed by atoms with E-state index in [1.54, 1.807) is 0 Å². The summed E-state index contributed by atoms with van der Waals surface area (Å²) in [5, 5.41) is 8.59. The van der Waals surface area contributed by atoms with Crippen molar-refractivity contribution in [3.8, 4) is 6.07 Å². The number of nitriles is 1. The lowest BCUT2D eigenvalue weighted by atomic mass is 10.2. The average Bonchev–Trinajstić information content (AvgIpc) is 2.33. The SMILES string of the molecule is C[Si](C)(C)N(Cc1ccccc1)SN=C(Cl)C#N. The van der Waals surface area contributed by atoms with Crippen LogP contribution in [0.3, 0.4) is 0 Å². The zero-order chi connectivity index (χ0) is 13.6. The van der Waals surface area contributed by atoms with Gasteiger partial charge in [0, 0.05) is 6.54 Å². The Morgan fingerprint density at radius 1 is 1.39 bits per heavy atom. The van der Waals surface area contributed by atoms with Gasteiger partial charge in [-0.1, -0.05) is 50.0 Å². The van der Waals surface area contributed by atoms with Crippen LogP contribution in [-0.2, 0) is 6.54 Å². The second-order valence-corrected chi connectivity index (χ2v) is 11.1. The molecule has 0 amide bonds. The molecule has 18 heavy (non-hydrogen) atoms. The van der Waals surface area contributed by atoms with Crippen molar-refractivity contribution >= 4 is 37.1 Å². The van der Waals surface area contributed by atoms with Gasteiger partial charge in [-0.15, -0.1) is 0 Å². The van der Waals surface area contributed by atoms with E-state index in [0.29, 0.717) is 0 Å². The molecule has 6 heteroatoms. The van der Waals surface area contributed by atoms with E-state index in [2.05, 4.69) is 40.1 Å². The van der Waals surface area contributed by atoms with Gasteiger partial charge in [0.15, 0.2) is 0 Å². The van der Waals surface area contributed by atoms with Crippen molar-refractivity contribution in [2.45, 2.75) is 26.2 Å². The standard InChI is InChI=1S/C12H16ClN3SSi/c1-18(2,3)16(17-15-12(13)9-14)10-11-7-5-4-6-8-11/h4-8H,10H2,1-3H3. The summed E-state index contributed by atoms with van der Waals surface area (Å²) >= 11 is 6.90. The fourth-order valence-electron chi connectivity index (χ4n) is 1.24. The molecule has 0 radical (unpaired) electrons. The van der Waals surface area contributed by atoms with Crippen molar-refractivity contribution in [2.75, 3.05) is 0 Å². The quantitative estimate of drug-likeness (QED) is 0.468. The average molecular weight is 298 g/mol. The first-order chi connectivity index (χ1) is 8.43. The highest BCUT2D eigenvalue weighted by molar-refractivity contribution is 7.97. The van der Waals surface area contributed by atoms with E-state index in [-0.39, 0.29) is 5.17 Å². The molecule has 0 aliphatic rings. The molecule has 0 heterocycles. The predicted molar refractivity (Wildman–Crippen MR) is 81.8 cm³/mol. The van der Waals surface area contributed by atoms with Crippen LogP contribution >= 0.6 is 23.7 Å². The summed E-state index contributed by atoms with van der Waals surface area (Å²) in [5.74, 6) is 0. The Hall–Kier alpha value is -0.803. The fourth-order valence-corrected chi connectivity index (χ4v) is 3.51. The summed E-state index contributed by atoms with van der Waals surface area (Å²) in [5.41, 5.74) is 1.23. The maximum Gasteiger partial charge on any atom is 0.215 e. The topological polar surface area (TPSA) is 39.4 Å². The summed E-state index contributed by atoms with van der Waals surface area (Å²) in [6, 6.07) is 12.0. The molecule has 96 valence electrons. The molecular formula is C12H16ClN3SSi. The number of nitrogens with zero attached hydrogens (tertiary/aromatic N) is 3. The molecular weight excluding hydrogens is 282 g/mol. The highest BCUT2D eigenvalue weighted by atomic mass is 35.5. The van der Waals surface area contributed by atoms with Crippen molar-refractivity contribution in [3.05, 3.63) is 35.9 Å². The molecule has 3 nitrogen and oxygen atoms in total. The molecule has 1 aromatic rings. The van der Waals surface area contributed by atoms with Gasteiger partial charge in [0.25, 0.3) is 0 Å². The highest BCUT2D eigenvalue weighted by Gasteiger charge is 2.25. The molecule has 0 N–H and O–H groups in total. The number of hydrogen-bond acceptors (Lipinski definition) is 4.